The van der Waals surface area contributed by atoms with Gasteiger partial charge in [-0.3, -0.25) is 4.79 Å². The Hall–Kier alpha value is -2.10. The molecule has 0 spiro atoms. The second-order valence-electron chi connectivity index (χ2n) is 3.14. The van der Waals surface area contributed by atoms with Crippen molar-refractivity contribution in [1.82, 2.24) is 4.98 Å². The Balaban J connectivity index is 2.31. The molecule has 0 saturated carbocycles. The van der Waals surface area contributed by atoms with Gasteiger partial charge in [0, 0.05) is 5.56 Å². The van der Waals surface area contributed by atoms with Crippen LogP contribution < -0.4 is 4.74 Å². The van der Waals surface area contributed by atoms with Crippen molar-refractivity contribution in [3.63, 3.8) is 0 Å². The van der Waals surface area contributed by atoms with E-state index in [4.69, 9.17) is 9.15 Å². The number of rotatable bonds is 4. The zero-order chi connectivity index (χ0) is 11.4. The van der Waals surface area contributed by atoms with E-state index in [0.717, 1.165) is 11.3 Å². The lowest BCUT2D eigenvalue weighted by molar-refractivity contribution is 0.110. The number of carbonyl (C=O) groups is 1. The van der Waals surface area contributed by atoms with Crippen LogP contribution in [0.4, 0.5) is 0 Å². The Labute approximate surface area is 92.9 Å². The van der Waals surface area contributed by atoms with Gasteiger partial charge < -0.3 is 9.15 Å². The number of ether oxygens (including phenoxy) is 1. The molecule has 0 saturated heterocycles. The maximum absolute atomic E-state index is 10.7. The SMILES string of the molecule is CCOc1ccc(-c2ncoc2C=O)cc1. The minimum Gasteiger partial charge on any atom is -0.494 e. The monoisotopic (exact) mass is 217 g/mol. The summed E-state index contributed by atoms with van der Waals surface area (Å²) in [4.78, 5) is 14.7. The number of aldehydes is 1. The lowest BCUT2D eigenvalue weighted by atomic mass is 10.1. The van der Waals surface area contributed by atoms with Crippen molar-refractivity contribution in [2.75, 3.05) is 6.61 Å². The van der Waals surface area contributed by atoms with Crippen LogP contribution in [0.25, 0.3) is 11.3 Å². The van der Waals surface area contributed by atoms with Gasteiger partial charge in [0.25, 0.3) is 0 Å². The molecule has 0 amide bonds. The molecule has 1 aromatic carbocycles. The van der Waals surface area contributed by atoms with E-state index in [2.05, 4.69) is 4.98 Å². The molecule has 0 fully saturated rings. The number of nitrogens with zero attached hydrogens (tertiary/aromatic N) is 1. The van der Waals surface area contributed by atoms with Crippen molar-refractivity contribution in [1.29, 1.82) is 0 Å². The van der Waals surface area contributed by atoms with E-state index >= 15 is 0 Å². The van der Waals surface area contributed by atoms with Gasteiger partial charge in [0.15, 0.2) is 18.4 Å². The molecule has 2 aromatic rings. The Morgan fingerprint density at radius 1 is 1.38 bits per heavy atom. The van der Waals surface area contributed by atoms with Gasteiger partial charge in [-0.1, -0.05) is 0 Å². The normalized spacial score (nSPS) is 10.1. The number of benzene rings is 1. The molecule has 4 heteroatoms. The molecule has 0 aliphatic carbocycles. The average Bonchev–Trinajstić information content (AvgIpc) is 2.78. The molecular formula is C12H11NO3. The van der Waals surface area contributed by atoms with Crippen LogP contribution in [0, 0.1) is 0 Å². The number of hydrogen-bond acceptors (Lipinski definition) is 4. The minimum absolute atomic E-state index is 0.240. The quantitative estimate of drug-likeness (QED) is 0.738. The van der Waals surface area contributed by atoms with E-state index in [-0.39, 0.29) is 5.76 Å². The first kappa shape index (κ1) is 10.4. The second kappa shape index (κ2) is 4.61. The molecule has 1 heterocycles. The van der Waals surface area contributed by atoms with E-state index in [0.29, 0.717) is 18.6 Å². The van der Waals surface area contributed by atoms with E-state index < -0.39 is 0 Å². The highest BCUT2D eigenvalue weighted by atomic mass is 16.5. The van der Waals surface area contributed by atoms with Gasteiger partial charge in [0.05, 0.1) is 6.61 Å². The molecule has 1 aromatic heterocycles. The standard InChI is InChI=1S/C12H11NO3/c1-2-15-10-5-3-9(4-6-10)12-11(7-14)16-8-13-12/h3-8H,2H2,1H3. The highest BCUT2D eigenvalue weighted by Crippen LogP contribution is 2.23. The highest BCUT2D eigenvalue weighted by Gasteiger charge is 2.09. The topological polar surface area (TPSA) is 52.3 Å². The molecule has 0 aliphatic heterocycles. The smallest absolute Gasteiger partial charge is 0.194 e. The van der Waals surface area contributed by atoms with Crippen LogP contribution >= 0.6 is 0 Å². The Kier molecular flexibility index (Phi) is 3.00. The predicted octanol–water partition coefficient (Wildman–Crippen LogP) is 2.55. The van der Waals surface area contributed by atoms with Crippen LogP contribution in [-0.4, -0.2) is 17.9 Å². The molecule has 4 nitrogen and oxygen atoms in total. The summed E-state index contributed by atoms with van der Waals surface area (Å²) < 4.78 is 10.3. The van der Waals surface area contributed by atoms with Crippen molar-refractivity contribution in [2.24, 2.45) is 0 Å². The predicted molar refractivity (Wildman–Crippen MR) is 58.5 cm³/mol. The Bertz CT molecular complexity index is 473. The van der Waals surface area contributed by atoms with E-state index in [1.165, 1.54) is 6.39 Å². The van der Waals surface area contributed by atoms with Crippen LogP contribution in [-0.2, 0) is 0 Å². The third kappa shape index (κ3) is 1.95. The third-order valence-electron chi connectivity index (χ3n) is 2.14. The lowest BCUT2D eigenvalue weighted by Gasteiger charge is -2.03. The summed E-state index contributed by atoms with van der Waals surface area (Å²) >= 11 is 0. The summed E-state index contributed by atoms with van der Waals surface area (Å²) in [5.74, 6) is 1.03. The van der Waals surface area contributed by atoms with Crippen molar-refractivity contribution in [2.45, 2.75) is 6.92 Å². The maximum atomic E-state index is 10.7. The van der Waals surface area contributed by atoms with Crippen LogP contribution in [0.5, 0.6) is 5.75 Å². The molecule has 0 atom stereocenters. The minimum atomic E-state index is 0.240. The third-order valence-corrected chi connectivity index (χ3v) is 2.14. The molecule has 16 heavy (non-hydrogen) atoms. The molecule has 0 N–H and O–H groups in total. The van der Waals surface area contributed by atoms with E-state index in [1.807, 2.05) is 31.2 Å². The molecule has 0 aliphatic rings. The fourth-order valence-electron chi connectivity index (χ4n) is 1.43. The van der Waals surface area contributed by atoms with Gasteiger partial charge in [0.2, 0.25) is 0 Å². The largest absolute Gasteiger partial charge is 0.494 e. The summed E-state index contributed by atoms with van der Waals surface area (Å²) in [5, 5.41) is 0. The zero-order valence-corrected chi connectivity index (χ0v) is 8.84. The van der Waals surface area contributed by atoms with Crippen molar-refractivity contribution in [3.8, 4) is 17.0 Å². The fourth-order valence-corrected chi connectivity index (χ4v) is 1.43. The summed E-state index contributed by atoms with van der Waals surface area (Å²) in [6.45, 7) is 2.55. The highest BCUT2D eigenvalue weighted by molar-refractivity contribution is 5.82. The molecule has 2 rings (SSSR count). The van der Waals surface area contributed by atoms with Crippen LogP contribution in [0.1, 0.15) is 17.5 Å². The average molecular weight is 217 g/mol. The summed E-state index contributed by atoms with van der Waals surface area (Å²) in [6, 6.07) is 7.36. The molecular weight excluding hydrogens is 206 g/mol. The van der Waals surface area contributed by atoms with Crippen molar-refractivity contribution >= 4 is 6.29 Å². The lowest BCUT2D eigenvalue weighted by Crippen LogP contribution is -1.91. The molecule has 0 unspecified atom stereocenters. The first-order valence-electron chi connectivity index (χ1n) is 4.97. The number of hydrogen-bond donors (Lipinski definition) is 0. The van der Waals surface area contributed by atoms with Gasteiger partial charge in [-0.15, -0.1) is 0 Å². The number of carbonyl (C=O) groups excluding carboxylic acids is 1. The van der Waals surface area contributed by atoms with E-state index in [1.54, 1.807) is 0 Å². The van der Waals surface area contributed by atoms with Gasteiger partial charge >= 0.3 is 0 Å². The molecule has 0 radical (unpaired) electrons. The second-order valence-corrected chi connectivity index (χ2v) is 3.14. The van der Waals surface area contributed by atoms with Gasteiger partial charge in [-0.25, -0.2) is 4.98 Å². The van der Waals surface area contributed by atoms with Crippen molar-refractivity contribution < 1.29 is 13.9 Å². The van der Waals surface area contributed by atoms with Gasteiger partial charge in [-0.05, 0) is 31.2 Å². The van der Waals surface area contributed by atoms with Crippen LogP contribution in [0.3, 0.4) is 0 Å². The molecule has 0 bridgehead atoms. The van der Waals surface area contributed by atoms with Crippen molar-refractivity contribution in [3.05, 3.63) is 36.4 Å². The molecule has 82 valence electrons. The summed E-state index contributed by atoms with van der Waals surface area (Å²) in [6.07, 6.45) is 1.91. The first-order valence-corrected chi connectivity index (χ1v) is 4.97. The Morgan fingerprint density at radius 2 is 2.12 bits per heavy atom. The van der Waals surface area contributed by atoms with Gasteiger partial charge in [0.1, 0.15) is 11.4 Å². The van der Waals surface area contributed by atoms with E-state index in [9.17, 15) is 4.79 Å². The first-order chi connectivity index (χ1) is 7.85. The van der Waals surface area contributed by atoms with Crippen LogP contribution in [0.2, 0.25) is 0 Å². The zero-order valence-electron chi connectivity index (χ0n) is 8.84. The number of aromatic nitrogens is 1. The Morgan fingerprint density at radius 3 is 2.75 bits per heavy atom. The summed E-state index contributed by atoms with van der Waals surface area (Å²) in [7, 11) is 0. The number of oxazole rings is 1. The summed E-state index contributed by atoms with van der Waals surface area (Å²) in [5.41, 5.74) is 1.39. The van der Waals surface area contributed by atoms with Crippen LogP contribution in [0.15, 0.2) is 35.1 Å². The van der Waals surface area contributed by atoms with Gasteiger partial charge in [-0.2, -0.15) is 0 Å². The fraction of sp³-hybridized carbons (Fsp3) is 0.167. The maximum Gasteiger partial charge on any atom is 0.194 e.